The third-order valence-electron chi connectivity index (χ3n) is 7.10. The molecule has 0 bridgehead atoms. The Morgan fingerprint density at radius 3 is 2.68 bits per heavy atom. The van der Waals surface area contributed by atoms with Crippen LogP contribution in [0.15, 0.2) is 47.4 Å². The molecule has 3 atom stereocenters. The highest BCUT2D eigenvalue weighted by molar-refractivity contribution is 7.89. The zero-order valence-electron chi connectivity index (χ0n) is 22.1. The standard InChI is InChI=1S/C28H40N2O6S/c1-21-5-10-26(11-6-21)37(32,33)30-19-25(9-8-24(30)17-22(2)31)36-20-23-7-12-28-27(18-23)29(14-16-35-28)13-4-15-34-3/h5-7,10-12,18,22,24-25,31H,4,8-9,13-17,19-20H2,1-3H3/t22-,24-,25+/m0/s1. The molecule has 2 heterocycles. The van der Waals surface area contributed by atoms with E-state index in [1.165, 1.54) is 4.31 Å². The normalized spacial score (nSPS) is 21.4. The van der Waals surface area contributed by atoms with Gasteiger partial charge < -0.3 is 24.2 Å². The molecular formula is C28H40N2O6S. The molecule has 2 aromatic rings. The van der Waals surface area contributed by atoms with Gasteiger partial charge in [-0.3, -0.25) is 0 Å². The van der Waals surface area contributed by atoms with E-state index in [1.54, 1.807) is 26.2 Å². The zero-order valence-corrected chi connectivity index (χ0v) is 23.0. The molecule has 0 aromatic heterocycles. The molecule has 204 valence electrons. The first-order valence-electron chi connectivity index (χ1n) is 13.2. The number of rotatable bonds is 11. The van der Waals surface area contributed by atoms with Crippen LogP contribution < -0.4 is 9.64 Å². The van der Waals surface area contributed by atoms with Crippen LogP contribution in [0.25, 0.3) is 0 Å². The van der Waals surface area contributed by atoms with E-state index in [9.17, 15) is 13.5 Å². The van der Waals surface area contributed by atoms with Crippen molar-refractivity contribution in [2.24, 2.45) is 0 Å². The average Bonchev–Trinajstić information content (AvgIpc) is 2.88. The monoisotopic (exact) mass is 532 g/mol. The van der Waals surface area contributed by atoms with Crippen molar-refractivity contribution >= 4 is 15.7 Å². The van der Waals surface area contributed by atoms with Gasteiger partial charge in [0, 0.05) is 32.8 Å². The van der Waals surface area contributed by atoms with Crippen molar-refractivity contribution < 1.29 is 27.7 Å². The summed E-state index contributed by atoms with van der Waals surface area (Å²) in [6.07, 6.45) is 1.93. The Morgan fingerprint density at radius 2 is 1.95 bits per heavy atom. The molecule has 1 fully saturated rings. The third kappa shape index (κ3) is 7.03. The third-order valence-corrected chi connectivity index (χ3v) is 9.03. The SMILES string of the molecule is COCCCN1CCOc2ccc(CO[C@@H]3CC[C@@H](C[C@H](C)O)N(S(=O)(=O)c4ccc(C)cc4)C3)cc21. The van der Waals surface area contributed by atoms with E-state index in [-0.39, 0.29) is 23.6 Å². The molecule has 2 aliphatic heterocycles. The zero-order chi connectivity index (χ0) is 26.4. The predicted molar refractivity (Wildman–Crippen MR) is 144 cm³/mol. The minimum absolute atomic E-state index is 0.226. The van der Waals surface area contributed by atoms with Crippen LogP contribution in [0, 0.1) is 6.92 Å². The number of benzene rings is 2. The Hall–Kier alpha value is -2.17. The maximum absolute atomic E-state index is 13.6. The van der Waals surface area contributed by atoms with Crippen LogP contribution in [0.5, 0.6) is 5.75 Å². The number of hydrogen-bond acceptors (Lipinski definition) is 7. The first-order valence-corrected chi connectivity index (χ1v) is 14.6. The Kier molecular flexibility index (Phi) is 9.47. The second-order valence-electron chi connectivity index (χ2n) is 10.1. The molecule has 8 nitrogen and oxygen atoms in total. The molecular weight excluding hydrogens is 492 g/mol. The van der Waals surface area contributed by atoms with Gasteiger partial charge >= 0.3 is 0 Å². The quantitative estimate of drug-likeness (QED) is 0.441. The molecule has 0 spiro atoms. The van der Waals surface area contributed by atoms with Crippen LogP contribution in [0.4, 0.5) is 5.69 Å². The van der Waals surface area contributed by atoms with Crippen LogP contribution >= 0.6 is 0 Å². The molecule has 2 aliphatic rings. The highest BCUT2D eigenvalue weighted by Crippen LogP contribution is 2.34. The molecule has 0 amide bonds. The lowest BCUT2D eigenvalue weighted by Crippen LogP contribution is -2.50. The molecule has 0 radical (unpaired) electrons. The smallest absolute Gasteiger partial charge is 0.243 e. The molecule has 0 unspecified atom stereocenters. The van der Waals surface area contributed by atoms with E-state index < -0.39 is 16.1 Å². The summed E-state index contributed by atoms with van der Waals surface area (Å²) < 4.78 is 46.0. The summed E-state index contributed by atoms with van der Waals surface area (Å²) in [4.78, 5) is 2.59. The van der Waals surface area contributed by atoms with Crippen LogP contribution in [0.1, 0.15) is 43.7 Å². The fourth-order valence-corrected chi connectivity index (χ4v) is 6.82. The molecule has 9 heteroatoms. The molecule has 0 saturated carbocycles. The second kappa shape index (κ2) is 12.6. The number of aliphatic hydroxyl groups is 1. The molecule has 1 saturated heterocycles. The summed E-state index contributed by atoms with van der Waals surface area (Å²) in [5.41, 5.74) is 3.10. The average molecular weight is 533 g/mol. The van der Waals surface area contributed by atoms with Gasteiger partial charge in [0.1, 0.15) is 12.4 Å². The van der Waals surface area contributed by atoms with Gasteiger partial charge in [-0.05, 0) is 69.4 Å². The molecule has 0 aliphatic carbocycles. The number of methoxy groups -OCH3 is 1. The molecule has 2 aromatic carbocycles. The second-order valence-corrected chi connectivity index (χ2v) is 12.0. The van der Waals surface area contributed by atoms with Crippen molar-refractivity contribution in [2.45, 2.75) is 69.3 Å². The summed E-state index contributed by atoms with van der Waals surface area (Å²) in [6, 6.07) is 12.8. The number of piperidine rings is 1. The maximum Gasteiger partial charge on any atom is 0.243 e. The van der Waals surface area contributed by atoms with Gasteiger partial charge in [0.25, 0.3) is 0 Å². The lowest BCUT2D eigenvalue weighted by atomic mass is 9.98. The number of nitrogens with zero attached hydrogens (tertiary/aromatic N) is 2. The highest BCUT2D eigenvalue weighted by Gasteiger charge is 2.38. The van der Waals surface area contributed by atoms with E-state index in [0.29, 0.717) is 26.1 Å². The fraction of sp³-hybridized carbons (Fsp3) is 0.571. The predicted octanol–water partition coefficient (Wildman–Crippen LogP) is 3.74. The van der Waals surface area contributed by atoms with Gasteiger partial charge in [0.15, 0.2) is 0 Å². The molecule has 4 rings (SSSR count). The van der Waals surface area contributed by atoms with Crippen LogP contribution in [0.3, 0.4) is 0 Å². The topological polar surface area (TPSA) is 88.5 Å². The van der Waals surface area contributed by atoms with Gasteiger partial charge in [-0.15, -0.1) is 0 Å². The van der Waals surface area contributed by atoms with Gasteiger partial charge in [0.05, 0.1) is 35.9 Å². The summed E-state index contributed by atoms with van der Waals surface area (Å²) in [5.74, 6) is 0.876. The van der Waals surface area contributed by atoms with E-state index in [0.717, 1.165) is 55.1 Å². The number of aryl methyl sites for hydroxylation is 1. The van der Waals surface area contributed by atoms with Crippen molar-refractivity contribution in [1.29, 1.82) is 0 Å². The Balaban J connectivity index is 1.45. The number of hydrogen-bond donors (Lipinski definition) is 1. The maximum atomic E-state index is 13.6. The van der Waals surface area contributed by atoms with Crippen LogP contribution in [-0.4, -0.2) is 76.0 Å². The summed E-state index contributed by atoms with van der Waals surface area (Å²) in [7, 11) is -2.00. The highest BCUT2D eigenvalue weighted by atomic mass is 32.2. The Labute approximate surface area is 221 Å². The van der Waals surface area contributed by atoms with Crippen LogP contribution in [0.2, 0.25) is 0 Å². The minimum Gasteiger partial charge on any atom is -0.490 e. The van der Waals surface area contributed by atoms with E-state index >= 15 is 0 Å². The van der Waals surface area contributed by atoms with Crippen molar-refractivity contribution in [3.05, 3.63) is 53.6 Å². The number of fused-ring (bicyclic) bond motifs is 1. The van der Waals surface area contributed by atoms with E-state index in [1.807, 2.05) is 31.2 Å². The largest absolute Gasteiger partial charge is 0.490 e. The van der Waals surface area contributed by atoms with Crippen molar-refractivity contribution in [2.75, 3.05) is 44.9 Å². The summed E-state index contributed by atoms with van der Waals surface area (Å²) >= 11 is 0. The first-order chi connectivity index (χ1) is 17.8. The number of aliphatic hydroxyl groups excluding tert-OH is 1. The Bertz CT molecular complexity index is 1120. The van der Waals surface area contributed by atoms with Gasteiger partial charge in [-0.2, -0.15) is 4.31 Å². The fourth-order valence-electron chi connectivity index (χ4n) is 5.12. The van der Waals surface area contributed by atoms with Crippen molar-refractivity contribution in [3.63, 3.8) is 0 Å². The van der Waals surface area contributed by atoms with Crippen LogP contribution in [-0.2, 0) is 26.1 Å². The number of anilines is 1. The Morgan fingerprint density at radius 1 is 1.16 bits per heavy atom. The lowest BCUT2D eigenvalue weighted by molar-refractivity contribution is -0.0106. The van der Waals surface area contributed by atoms with Gasteiger partial charge in [-0.25, -0.2) is 8.42 Å². The van der Waals surface area contributed by atoms with Crippen molar-refractivity contribution in [3.8, 4) is 5.75 Å². The lowest BCUT2D eigenvalue weighted by Gasteiger charge is -2.39. The van der Waals surface area contributed by atoms with E-state index in [4.69, 9.17) is 14.2 Å². The first kappa shape index (κ1) is 27.9. The van der Waals surface area contributed by atoms with Gasteiger partial charge in [0.2, 0.25) is 10.0 Å². The molecule has 1 N–H and O–H groups in total. The van der Waals surface area contributed by atoms with Gasteiger partial charge in [-0.1, -0.05) is 23.8 Å². The van der Waals surface area contributed by atoms with Crippen molar-refractivity contribution in [1.82, 2.24) is 4.31 Å². The minimum atomic E-state index is -3.71. The summed E-state index contributed by atoms with van der Waals surface area (Å²) in [6.45, 7) is 7.41. The number of sulfonamides is 1. The number of ether oxygens (including phenoxy) is 3. The molecule has 37 heavy (non-hydrogen) atoms. The summed E-state index contributed by atoms with van der Waals surface area (Å²) in [5, 5.41) is 10.0. The van der Waals surface area contributed by atoms with E-state index in [2.05, 4.69) is 11.0 Å².